The van der Waals surface area contributed by atoms with E-state index in [0.29, 0.717) is 11.3 Å². The van der Waals surface area contributed by atoms with E-state index in [1.54, 1.807) is 6.92 Å². The molecule has 0 aromatic heterocycles. The van der Waals surface area contributed by atoms with Crippen molar-refractivity contribution in [1.82, 2.24) is 0 Å². The summed E-state index contributed by atoms with van der Waals surface area (Å²) in [4.78, 5) is 35.9. The molecule has 0 radical (unpaired) electrons. The molecule has 0 N–H and O–H groups in total. The van der Waals surface area contributed by atoms with E-state index < -0.39 is 54.6 Å². The highest BCUT2D eigenvalue weighted by Crippen LogP contribution is 2.67. The third kappa shape index (κ3) is 7.81. The number of esters is 3. The maximum Gasteiger partial charge on any atom is 0.303 e. The average Bonchev–Trinajstić information content (AvgIpc) is 3.57. The fraction of sp³-hybridized carbons (Fsp3) is 0.878. The number of hydrogen-bond acceptors (Lipinski definition) is 10. The molecule has 3 saturated carbocycles. The van der Waals surface area contributed by atoms with Gasteiger partial charge in [0.25, 0.3) is 5.97 Å². The molecule has 0 aromatic carbocycles. The lowest BCUT2D eigenvalue weighted by molar-refractivity contribution is -0.360. The van der Waals surface area contributed by atoms with Gasteiger partial charge in [0.2, 0.25) is 0 Å². The molecule has 0 amide bonds. The normalized spacial score (nSPS) is 43.6. The van der Waals surface area contributed by atoms with Crippen LogP contribution in [0.4, 0.5) is 0 Å². The van der Waals surface area contributed by atoms with Crippen LogP contribution in [0.3, 0.4) is 0 Å². The molecule has 1 unspecified atom stereocenters. The van der Waals surface area contributed by atoms with Crippen LogP contribution in [0.5, 0.6) is 0 Å². The van der Waals surface area contributed by atoms with Crippen LogP contribution in [0.25, 0.3) is 0 Å². The van der Waals surface area contributed by atoms with Crippen LogP contribution in [0.1, 0.15) is 133 Å². The van der Waals surface area contributed by atoms with E-state index in [1.807, 2.05) is 0 Å². The molecule has 10 heteroatoms. The van der Waals surface area contributed by atoms with Gasteiger partial charge in [0, 0.05) is 27.7 Å². The van der Waals surface area contributed by atoms with Crippen molar-refractivity contribution in [3.8, 4) is 0 Å². The van der Waals surface area contributed by atoms with Crippen molar-refractivity contribution in [3.05, 3.63) is 11.6 Å². The summed E-state index contributed by atoms with van der Waals surface area (Å²) < 4.78 is 41.8. The van der Waals surface area contributed by atoms with Gasteiger partial charge in [-0.25, -0.2) is 0 Å². The van der Waals surface area contributed by atoms with Gasteiger partial charge in [-0.05, 0) is 97.7 Å². The van der Waals surface area contributed by atoms with Gasteiger partial charge in [0.1, 0.15) is 12.7 Å². The largest absolute Gasteiger partial charge is 0.463 e. The highest BCUT2D eigenvalue weighted by Gasteiger charge is 2.62. The fourth-order valence-corrected chi connectivity index (χ4v) is 11.7. The smallest absolute Gasteiger partial charge is 0.303 e. The summed E-state index contributed by atoms with van der Waals surface area (Å²) in [5.74, 6) is 1.52. The Bertz CT molecular complexity index is 1330. The Labute approximate surface area is 305 Å². The summed E-state index contributed by atoms with van der Waals surface area (Å²) in [5.41, 5.74) is 2.13. The Balaban J connectivity index is 1.12. The SMILES string of the molecule is CC(=O)OC[C@H]1O[C@@H]2OC(C)(O[C@H]3CC[C@@]4(C)C(=CC[C@H]5[C@@H]6CC[C@H]([C@H](C)CCCC(C)C)[C@@]6(C)CC[C@@H]54)C3)O[C@@H]2[C@@H](OC(C)=O)[C@@H]1OC(C)=O. The second-order valence-electron chi connectivity index (χ2n) is 17.8. The van der Waals surface area contributed by atoms with Crippen LogP contribution < -0.4 is 0 Å². The Morgan fingerprint density at radius 2 is 1.59 bits per heavy atom. The first-order valence-electron chi connectivity index (χ1n) is 19.9. The van der Waals surface area contributed by atoms with Gasteiger partial charge in [-0.3, -0.25) is 19.1 Å². The Hall–Kier alpha value is -2.01. The van der Waals surface area contributed by atoms with Gasteiger partial charge < -0.3 is 28.4 Å². The van der Waals surface area contributed by atoms with Gasteiger partial charge in [-0.15, -0.1) is 0 Å². The van der Waals surface area contributed by atoms with Crippen molar-refractivity contribution in [1.29, 1.82) is 0 Å². The number of fused-ring (bicyclic) bond motifs is 6. The lowest BCUT2D eigenvalue weighted by Gasteiger charge is -2.58. The number of carbonyl (C=O) groups excluding carboxylic acids is 3. The quantitative estimate of drug-likeness (QED) is 0.120. The minimum absolute atomic E-state index is 0.129. The van der Waals surface area contributed by atoms with Crippen molar-refractivity contribution in [2.75, 3.05) is 6.61 Å². The molecule has 51 heavy (non-hydrogen) atoms. The zero-order valence-corrected chi connectivity index (χ0v) is 32.6. The predicted octanol–water partition coefficient (Wildman–Crippen LogP) is 7.65. The lowest BCUT2D eigenvalue weighted by Crippen LogP contribution is -2.60. The average molecular weight is 717 g/mol. The van der Waals surface area contributed by atoms with Crippen molar-refractivity contribution >= 4 is 17.9 Å². The van der Waals surface area contributed by atoms with E-state index >= 15 is 0 Å². The zero-order chi connectivity index (χ0) is 36.9. The van der Waals surface area contributed by atoms with Crippen LogP contribution in [-0.2, 0) is 47.5 Å². The van der Waals surface area contributed by atoms with E-state index in [1.165, 1.54) is 71.3 Å². The third-order valence-corrected chi connectivity index (χ3v) is 14.0. The lowest BCUT2D eigenvalue weighted by atomic mass is 9.47. The number of hydrogen-bond donors (Lipinski definition) is 0. The number of ether oxygens (including phenoxy) is 7. The molecular formula is C41H64O10. The molecule has 4 aliphatic carbocycles. The van der Waals surface area contributed by atoms with Gasteiger partial charge in [0.05, 0.1) is 6.10 Å². The summed E-state index contributed by atoms with van der Waals surface area (Å²) in [7, 11) is 0. The molecule has 2 aliphatic heterocycles. The molecule has 288 valence electrons. The first kappa shape index (κ1) is 38.7. The van der Waals surface area contributed by atoms with Crippen LogP contribution in [0.15, 0.2) is 11.6 Å². The maximum absolute atomic E-state index is 12.2. The minimum Gasteiger partial charge on any atom is -0.463 e. The summed E-state index contributed by atoms with van der Waals surface area (Å²) in [6, 6.07) is 0. The van der Waals surface area contributed by atoms with Crippen LogP contribution in [-0.4, -0.2) is 67.3 Å². The van der Waals surface area contributed by atoms with Gasteiger partial charge in [-0.1, -0.05) is 65.5 Å². The molecule has 2 heterocycles. The second-order valence-corrected chi connectivity index (χ2v) is 17.8. The molecule has 0 spiro atoms. The molecule has 6 rings (SSSR count). The van der Waals surface area contributed by atoms with E-state index in [0.717, 1.165) is 55.3 Å². The van der Waals surface area contributed by atoms with Crippen molar-refractivity contribution in [2.24, 2.45) is 46.3 Å². The summed E-state index contributed by atoms with van der Waals surface area (Å²) in [5, 5.41) is 0. The van der Waals surface area contributed by atoms with E-state index in [4.69, 9.17) is 33.2 Å². The highest BCUT2D eigenvalue weighted by molar-refractivity contribution is 5.68. The zero-order valence-electron chi connectivity index (χ0n) is 32.6. The van der Waals surface area contributed by atoms with Crippen LogP contribution in [0.2, 0.25) is 0 Å². The number of rotatable bonds is 11. The first-order chi connectivity index (χ1) is 24.0. The van der Waals surface area contributed by atoms with E-state index in [9.17, 15) is 14.4 Å². The summed E-state index contributed by atoms with van der Waals surface area (Å²) in [6.07, 6.45) is 10.8. The fourth-order valence-electron chi connectivity index (χ4n) is 11.7. The summed E-state index contributed by atoms with van der Waals surface area (Å²) >= 11 is 0. The minimum atomic E-state index is -1.49. The Morgan fingerprint density at radius 1 is 0.863 bits per heavy atom. The number of allylic oxidation sites excluding steroid dienone is 1. The predicted molar refractivity (Wildman–Crippen MR) is 189 cm³/mol. The number of carbonyl (C=O) groups is 3. The van der Waals surface area contributed by atoms with Gasteiger partial charge in [0.15, 0.2) is 24.6 Å². The first-order valence-corrected chi connectivity index (χ1v) is 19.9. The molecule has 0 bridgehead atoms. The molecule has 10 nitrogen and oxygen atoms in total. The Kier molecular flexibility index (Phi) is 11.4. The molecule has 14 atom stereocenters. The van der Waals surface area contributed by atoms with Crippen LogP contribution in [0, 0.1) is 46.3 Å². The molecule has 0 aromatic rings. The van der Waals surface area contributed by atoms with E-state index in [2.05, 4.69) is 40.7 Å². The van der Waals surface area contributed by atoms with Crippen molar-refractivity contribution in [3.63, 3.8) is 0 Å². The Morgan fingerprint density at radius 3 is 2.27 bits per heavy atom. The maximum atomic E-state index is 12.2. The molecule has 6 aliphatic rings. The third-order valence-electron chi connectivity index (χ3n) is 14.0. The highest BCUT2D eigenvalue weighted by atomic mass is 16.9. The molecule has 2 saturated heterocycles. The molecular weight excluding hydrogens is 652 g/mol. The van der Waals surface area contributed by atoms with Crippen molar-refractivity contribution < 1.29 is 47.5 Å². The van der Waals surface area contributed by atoms with Gasteiger partial charge in [-0.2, -0.15) is 0 Å². The topological polar surface area (TPSA) is 116 Å². The van der Waals surface area contributed by atoms with Crippen LogP contribution >= 0.6 is 0 Å². The monoisotopic (exact) mass is 716 g/mol. The molecule has 5 fully saturated rings. The van der Waals surface area contributed by atoms with Gasteiger partial charge >= 0.3 is 17.9 Å². The standard InChI is InChI=1S/C41H64O10/c1-23(2)11-10-12-24(3)31-15-16-32-30-14-13-28-21-29(17-19-39(28,7)33(30)18-20-40(31,32)8)49-41(9)50-37-36(47-27(6)44)35(46-26(5)43)34(22-45-25(4)42)48-38(37)51-41/h13,23-24,29-38H,10-12,14-22H2,1-9H3/t24-,29+,30+,31-,32+,33+,34-,35-,36+,37-,38-,39+,40-,41?/m1/s1. The summed E-state index contributed by atoms with van der Waals surface area (Å²) in [6.45, 7) is 17.7. The van der Waals surface area contributed by atoms with Crippen molar-refractivity contribution in [2.45, 2.75) is 176 Å². The van der Waals surface area contributed by atoms with E-state index in [-0.39, 0.29) is 18.1 Å². The second kappa shape index (κ2) is 15.0.